The fourth-order valence-corrected chi connectivity index (χ4v) is 2.85. The largest absolute Gasteiger partial charge is 0.481 e. The molecule has 3 heterocycles. The number of carboxylic acid groups (broad SMARTS) is 1. The minimum atomic E-state index is -0.774. The molecular formula is C16H20N6O2. The number of carboxylic acids is 1. The van der Waals surface area contributed by atoms with Gasteiger partial charge in [-0.2, -0.15) is 9.61 Å². The Balaban J connectivity index is 2.03. The summed E-state index contributed by atoms with van der Waals surface area (Å²) < 4.78 is 3.41. The molecule has 8 heteroatoms. The first-order valence-corrected chi connectivity index (χ1v) is 7.89. The van der Waals surface area contributed by atoms with Crippen LogP contribution in [-0.2, 0) is 11.2 Å². The van der Waals surface area contributed by atoms with Gasteiger partial charge in [0.15, 0.2) is 17.3 Å². The number of fused-ring (bicyclic) bond motifs is 1. The molecule has 8 nitrogen and oxygen atoms in total. The Hall–Kier alpha value is -2.77. The highest BCUT2D eigenvalue weighted by Gasteiger charge is 2.21. The first-order chi connectivity index (χ1) is 11.4. The summed E-state index contributed by atoms with van der Waals surface area (Å²) in [7, 11) is 0. The van der Waals surface area contributed by atoms with Crippen LogP contribution in [0.5, 0.6) is 0 Å². The first kappa shape index (κ1) is 16.1. The predicted molar refractivity (Wildman–Crippen MR) is 87.2 cm³/mol. The minimum absolute atomic E-state index is 0.407. The van der Waals surface area contributed by atoms with Crippen LogP contribution in [0, 0.1) is 26.7 Å². The molecule has 1 unspecified atom stereocenters. The molecule has 0 aliphatic rings. The molecule has 0 aromatic carbocycles. The topological polar surface area (TPSA) is 98.2 Å². The van der Waals surface area contributed by atoms with Crippen LogP contribution in [0.4, 0.5) is 0 Å². The van der Waals surface area contributed by atoms with E-state index in [4.69, 9.17) is 0 Å². The molecule has 0 bridgehead atoms. The molecular weight excluding hydrogens is 308 g/mol. The van der Waals surface area contributed by atoms with Crippen LogP contribution in [0.25, 0.3) is 11.5 Å². The van der Waals surface area contributed by atoms with Crippen LogP contribution in [0.1, 0.15) is 36.1 Å². The monoisotopic (exact) mass is 328 g/mol. The number of carbonyl (C=O) groups is 1. The summed E-state index contributed by atoms with van der Waals surface area (Å²) in [5, 5.41) is 26.4. The van der Waals surface area contributed by atoms with E-state index in [-0.39, 0.29) is 0 Å². The zero-order chi connectivity index (χ0) is 17.4. The summed E-state index contributed by atoms with van der Waals surface area (Å²) in [6.45, 7) is 7.56. The number of aryl methyl sites for hydroxylation is 2. The van der Waals surface area contributed by atoms with E-state index in [0.717, 1.165) is 17.0 Å². The summed E-state index contributed by atoms with van der Waals surface area (Å²) in [6, 6.07) is 3.67. The van der Waals surface area contributed by atoms with Crippen molar-refractivity contribution in [3.05, 3.63) is 34.9 Å². The van der Waals surface area contributed by atoms with Crippen molar-refractivity contribution in [1.29, 1.82) is 0 Å². The van der Waals surface area contributed by atoms with Gasteiger partial charge in [-0.3, -0.25) is 4.79 Å². The van der Waals surface area contributed by atoms with Gasteiger partial charge in [-0.05, 0) is 51.3 Å². The molecule has 0 saturated heterocycles. The molecule has 0 aliphatic carbocycles. The first-order valence-electron chi connectivity index (χ1n) is 7.89. The van der Waals surface area contributed by atoms with Crippen molar-refractivity contribution in [2.45, 2.75) is 40.5 Å². The number of nitrogens with zero attached hydrogens (tertiary/aromatic N) is 6. The van der Waals surface area contributed by atoms with Crippen LogP contribution in [-0.4, -0.2) is 40.7 Å². The molecule has 3 aromatic rings. The molecule has 0 spiro atoms. The van der Waals surface area contributed by atoms with E-state index in [9.17, 15) is 9.90 Å². The van der Waals surface area contributed by atoms with Crippen molar-refractivity contribution < 1.29 is 9.90 Å². The summed E-state index contributed by atoms with van der Waals surface area (Å²) >= 11 is 0. The highest BCUT2D eigenvalue weighted by molar-refractivity contribution is 5.70. The van der Waals surface area contributed by atoms with Crippen molar-refractivity contribution in [3.63, 3.8) is 0 Å². The fourth-order valence-electron chi connectivity index (χ4n) is 2.85. The van der Waals surface area contributed by atoms with E-state index in [1.54, 1.807) is 9.20 Å². The van der Waals surface area contributed by atoms with Crippen molar-refractivity contribution in [2.75, 3.05) is 0 Å². The van der Waals surface area contributed by atoms with Gasteiger partial charge in [0.05, 0.1) is 11.6 Å². The lowest BCUT2D eigenvalue weighted by Crippen LogP contribution is -2.16. The van der Waals surface area contributed by atoms with Gasteiger partial charge in [-0.25, -0.2) is 4.68 Å². The molecule has 1 atom stereocenters. The van der Waals surface area contributed by atoms with Gasteiger partial charge in [-0.1, -0.05) is 6.92 Å². The second-order valence-electron chi connectivity index (χ2n) is 5.92. The number of aromatic nitrogens is 6. The Morgan fingerprint density at radius 2 is 1.96 bits per heavy atom. The summed E-state index contributed by atoms with van der Waals surface area (Å²) in [4.78, 5) is 11.3. The number of rotatable bonds is 5. The van der Waals surface area contributed by atoms with E-state index >= 15 is 0 Å². The van der Waals surface area contributed by atoms with Crippen molar-refractivity contribution in [1.82, 2.24) is 29.6 Å². The highest BCUT2D eigenvalue weighted by Crippen LogP contribution is 2.22. The van der Waals surface area contributed by atoms with Crippen LogP contribution in [0.15, 0.2) is 12.1 Å². The second kappa shape index (κ2) is 6.03. The molecule has 1 N–H and O–H groups in total. The minimum Gasteiger partial charge on any atom is -0.481 e. The smallest absolute Gasteiger partial charge is 0.306 e. The quantitative estimate of drug-likeness (QED) is 0.768. The zero-order valence-electron chi connectivity index (χ0n) is 14.2. The Morgan fingerprint density at radius 1 is 1.21 bits per heavy atom. The Labute approximate surface area is 139 Å². The van der Waals surface area contributed by atoms with Gasteiger partial charge in [0, 0.05) is 5.69 Å². The molecule has 0 fully saturated rings. The summed E-state index contributed by atoms with van der Waals surface area (Å²) in [5.41, 5.74) is 3.38. The van der Waals surface area contributed by atoms with E-state index in [1.165, 1.54) is 0 Å². The Bertz CT molecular complexity index is 911. The van der Waals surface area contributed by atoms with Gasteiger partial charge in [0.1, 0.15) is 0 Å². The lowest BCUT2D eigenvalue weighted by molar-refractivity contribution is -0.141. The van der Waals surface area contributed by atoms with E-state index < -0.39 is 11.9 Å². The molecule has 0 amide bonds. The molecule has 0 aliphatic heterocycles. The Kier molecular flexibility index (Phi) is 4.04. The molecule has 3 aromatic heterocycles. The fraction of sp³-hybridized carbons (Fsp3) is 0.438. The molecule has 24 heavy (non-hydrogen) atoms. The van der Waals surface area contributed by atoms with Crippen molar-refractivity contribution in [2.24, 2.45) is 5.92 Å². The van der Waals surface area contributed by atoms with Gasteiger partial charge >= 0.3 is 5.97 Å². The van der Waals surface area contributed by atoms with Gasteiger partial charge in [0.2, 0.25) is 0 Å². The standard InChI is InChI=1S/C16H20N6O2/c1-5-12(16(23)24)8-13-9(2)19-21(10(13)3)15-7-6-14-18-17-11(4)22(14)20-15/h6-7,12H,5,8H2,1-4H3,(H,23,24). The second-order valence-corrected chi connectivity index (χ2v) is 5.92. The number of aliphatic carboxylic acids is 1. The normalized spacial score (nSPS) is 12.7. The van der Waals surface area contributed by atoms with Crippen LogP contribution < -0.4 is 0 Å². The third-order valence-electron chi connectivity index (χ3n) is 4.36. The van der Waals surface area contributed by atoms with Gasteiger partial charge in [0.25, 0.3) is 0 Å². The SMILES string of the molecule is CCC(Cc1c(C)nn(-c2ccc3nnc(C)n3n2)c1C)C(=O)O. The summed E-state index contributed by atoms with van der Waals surface area (Å²) in [5.74, 6) is 0.172. The van der Waals surface area contributed by atoms with Gasteiger partial charge in [-0.15, -0.1) is 15.3 Å². The van der Waals surface area contributed by atoms with Gasteiger partial charge < -0.3 is 5.11 Å². The maximum atomic E-state index is 11.3. The van der Waals surface area contributed by atoms with Crippen LogP contribution in [0.3, 0.4) is 0 Å². The van der Waals surface area contributed by atoms with E-state index in [2.05, 4.69) is 20.4 Å². The third-order valence-corrected chi connectivity index (χ3v) is 4.36. The zero-order valence-corrected chi connectivity index (χ0v) is 14.2. The van der Waals surface area contributed by atoms with Crippen LogP contribution >= 0.6 is 0 Å². The van der Waals surface area contributed by atoms with E-state index in [0.29, 0.717) is 30.1 Å². The predicted octanol–water partition coefficient (Wildman–Crippen LogP) is 1.89. The maximum absolute atomic E-state index is 11.3. The average Bonchev–Trinajstić information content (AvgIpc) is 3.05. The maximum Gasteiger partial charge on any atom is 0.306 e. The highest BCUT2D eigenvalue weighted by atomic mass is 16.4. The molecule has 0 radical (unpaired) electrons. The van der Waals surface area contributed by atoms with Crippen LogP contribution in [0.2, 0.25) is 0 Å². The lowest BCUT2D eigenvalue weighted by atomic mass is 9.96. The number of hydrogen-bond acceptors (Lipinski definition) is 5. The van der Waals surface area contributed by atoms with E-state index in [1.807, 2.05) is 39.8 Å². The van der Waals surface area contributed by atoms with Crippen molar-refractivity contribution in [3.8, 4) is 5.82 Å². The molecule has 0 saturated carbocycles. The number of hydrogen-bond donors (Lipinski definition) is 1. The Morgan fingerprint density at radius 3 is 2.62 bits per heavy atom. The third kappa shape index (κ3) is 2.64. The average molecular weight is 328 g/mol. The van der Waals surface area contributed by atoms with Crippen molar-refractivity contribution >= 4 is 11.6 Å². The molecule has 126 valence electrons. The summed E-state index contributed by atoms with van der Waals surface area (Å²) in [6.07, 6.45) is 1.06. The molecule has 3 rings (SSSR count). The lowest BCUT2D eigenvalue weighted by Gasteiger charge is -2.10.